The van der Waals surface area contributed by atoms with Crippen LogP contribution in [0.1, 0.15) is 22.7 Å². The van der Waals surface area contributed by atoms with Gasteiger partial charge in [-0.3, -0.25) is 14.5 Å². The molecule has 6 nitrogen and oxygen atoms in total. The molecule has 1 amide bonds. The molecule has 1 fully saturated rings. The van der Waals surface area contributed by atoms with Gasteiger partial charge in [-0.2, -0.15) is 0 Å². The van der Waals surface area contributed by atoms with Crippen LogP contribution >= 0.6 is 0 Å². The molecule has 3 aromatic rings. The number of rotatable bonds is 4. The molecule has 166 valence electrons. The molecule has 0 aromatic heterocycles. The molecule has 0 bridgehead atoms. The van der Waals surface area contributed by atoms with Gasteiger partial charge >= 0.3 is 0 Å². The molecule has 0 radical (unpaired) electrons. The van der Waals surface area contributed by atoms with Crippen LogP contribution in [0.3, 0.4) is 0 Å². The Bertz CT molecular complexity index is 1300. The number of benzene rings is 3. The standard InChI is InChI=1S/C26H20FNO5/c1-32-18-9-7-17(8-10-18)28-23(19-4-2-3-5-20(19)27)22(25(30)26(28)31)24(29)16-6-11-21-15(14-16)12-13-33-21/h2-11,14,23,29H,12-13H2,1H3/b24-22+. The number of Topliss-reactive ketones (excluding diaryl/α,β-unsaturated/α-hetero) is 1. The molecule has 0 spiro atoms. The molecule has 2 aliphatic heterocycles. The van der Waals surface area contributed by atoms with Gasteiger partial charge in [0.05, 0.1) is 25.3 Å². The molecule has 1 saturated heterocycles. The second-order valence-corrected chi connectivity index (χ2v) is 7.81. The lowest BCUT2D eigenvalue weighted by Gasteiger charge is -2.26. The van der Waals surface area contributed by atoms with Crippen LogP contribution in [0.2, 0.25) is 0 Å². The number of halogens is 1. The third kappa shape index (κ3) is 3.42. The van der Waals surface area contributed by atoms with Crippen molar-refractivity contribution in [2.45, 2.75) is 12.5 Å². The number of hydrogen-bond donors (Lipinski definition) is 1. The van der Waals surface area contributed by atoms with Crippen molar-refractivity contribution in [3.05, 3.63) is 94.8 Å². The van der Waals surface area contributed by atoms with Gasteiger partial charge < -0.3 is 14.6 Å². The number of fused-ring (bicyclic) bond motifs is 1. The normalized spacial score (nSPS) is 18.8. The largest absolute Gasteiger partial charge is 0.507 e. The summed E-state index contributed by atoms with van der Waals surface area (Å²) in [4.78, 5) is 27.5. The zero-order valence-corrected chi connectivity index (χ0v) is 17.7. The highest BCUT2D eigenvalue weighted by Gasteiger charge is 2.47. The predicted octanol–water partition coefficient (Wildman–Crippen LogP) is 4.40. The van der Waals surface area contributed by atoms with Gasteiger partial charge in [0.15, 0.2) is 0 Å². The van der Waals surface area contributed by atoms with Gasteiger partial charge in [-0.15, -0.1) is 0 Å². The number of nitrogens with zero attached hydrogens (tertiary/aromatic N) is 1. The van der Waals surface area contributed by atoms with Crippen LogP contribution in [0, 0.1) is 5.82 Å². The van der Waals surface area contributed by atoms with E-state index in [1.807, 2.05) is 0 Å². The molecule has 7 heteroatoms. The number of ketones is 1. The van der Waals surface area contributed by atoms with Crippen molar-refractivity contribution in [2.75, 3.05) is 18.6 Å². The maximum Gasteiger partial charge on any atom is 0.300 e. The fourth-order valence-corrected chi connectivity index (χ4v) is 4.32. The first kappa shape index (κ1) is 20.8. The number of amides is 1. The summed E-state index contributed by atoms with van der Waals surface area (Å²) in [5.41, 5.74) is 1.59. The fraction of sp³-hybridized carbons (Fsp3) is 0.154. The Labute approximate surface area is 189 Å². The molecule has 1 atom stereocenters. The summed E-state index contributed by atoms with van der Waals surface area (Å²) in [5, 5.41) is 11.2. The summed E-state index contributed by atoms with van der Waals surface area (Å²) >= 11 is 0. The third-order valence-corrected chi connectivity index (χ3v) is 5.96. The van der Waals surface area contributed by atoms with E-state index in [1.165, 1.54) is 30.2 Å². The van der Waals surface area contributed by atoms with E-state index in [1.54, 1.807) is 48.5 Å². The van der Waals surface area contributed by atoms with E-state index < -0.39 is 23.5 Å². The summed E-state index contributed by atoms with van der Waals surface area (Å²) in [6.07, 6.45) is 0.674. The second-order valence-electron chi connectivity index (χ2n) is 7.81. The third-order valence-electron chi connectivity index (χ3n) is 5.96. The first-order chi connectivity index (χ1) is 16.0. The summed E-state index contributed by atoms with van der Waals surface area (Å²) in [5.74, 6) is -1.38. The molecule has 5 rings (SSSR count). The number of carbonyl (C=O) groups excluding carboxylic acids is 2. The number of carbonyl (C=O) groups is 2. The van der Waals surface area contributed by atoms with Crippen molar-refractivity contribution in [2.24, 2.45) is 0 Å². The van der Waals surface area contributed by atoms with Crippen molar-refractivity contribution in [3.8, 4) is 11.5 Å². The van der Waals surface area contributed by atoms with E-state index in [2.05, 4.69) is 0 Å². The minimum Gasteiger partial charge on any atom is -0.507 e. The van der Waals surface area contributed by atoms with E-state index in [9.17, 15) is 19.1 Å². The van der Waals surface area contributed by atoms with Crippen molar-refractivity contribution in [1.82, 2.24) is 0 Å². The number of methoxy groups -OCH3 is 1. The Balaban J connectivity index is 1.70. The molecule has 0 aliphatic carbocycles. The van der Waals surface area contributed by atoms with Crippen molar-refractivity contribution >= 4 is 23.1 Å². The molecule has 0 saturated carbocycles. The lowest BCUT2D eigenvalue weighted by atomic mass is 9.94. The number of aliphatic hydroxyl groups is 1. The fourth-order valence-electron chi connectivity index (χ4n) is 4.32. The highest BCUT2D eigenvalue weighted by molar-refractivity contribution is 6.51. The molecular formula is C26H20FNO5. The minimum absolute atomic E-state index is 0.110. The van der Waals surface area contributed by atoms with Crippen LogP contribution in [0.25, 0.3) is 5.76 Å². The first-order valence-corrected chi connectivity index (χ1v) is 10.4. The number of ether oxygens (including phenoxy) is 2. The van der Waals surface area contributed by atoms with E-state index in [0.717, 1.165) is 11.3 Å². The van der Waals surface area contributed by atoms with Gasteiger partial charge in [0.25, 0.3) is 11.7 Å². The summed E-state index contributed by atoms with van der Waals surface area (Å²) in [6.45, 7) is 0.538. The molecule has 1 N–H and O–H groups in total. The SMILES string of the molecule is COc1ccc(N2C(=O)C(=O)/C(=C(/O)c3ccc4c(c3)CCO4)C2c2ccccc2F)cc1. The smallest absolute Gasteiger partial charge is 0.300 e. The van der Waals surface area contributed by atoms with Crippen LogP contribution in [0.15, 0.2) is 72.3 Å². The van der Waals surface area contributed by atoms with Crippen molar-refractivity contribution < 1.29 is 28.6 Å². The Morgan fingerprint density at radius 1 is 1.09 bits per heavy atom. The maximum atomic E-state index is 14.9. The van der Waals surface area contributed by atoms with Crippen LogP contribution < -0.4 is 14.4 Å². The first-order valence-electron chi connectivity index (χ1n) is 10.4. The Morgan fingerprint density at radius 2 is 1.85 bits per heavy atom. The second kappa shape index (κ2) is 8.09. The van der Waals surface area contributed by atoms with Gasteiger partial charge in [-0.1, -0.05) is 18.2 Å². The zero-order valence-electron chi connectivity index (χ0n) is 17.7. The maximum absolute atomic E-state index is 14.9. The summed E-state index contributed by atoms with van der Waals surface area (Å²) in [6, 6.07) is 16.4. The van der Waals surface area contributed by atoms with Crippen LogP contribution in [0.5, 0.6) is 11.5 Å². The molecule has 3 aromatic carbocycles. The van der Waals surface area contributed by atoms with Gasteiger partial charge in [-0.05, 0) is 54.1 Å². The average Bonchev–Trinajstić information content (AvgIpc) is 3.41. The molecule has 1 unspecified atom stereocenters. The summed E-state index contributed by atoms with van der Waals surface area (Å²) < 4.78 is 25.6. The Morgan fingerprint density at radius 3 is 2.58 bits per heavy atom. The predicted molar refractivity (Wildman–Crippen MR) is 120 cm³/mol. The number of anilines is 1. The Hall–Kier alpha value is -4.13. The quantitative estimate of drug-likeness (QED) is 0.366. The van der Waals surface area contributed by atoms with Crippen molar-refractivity contribution in [1.29, 1.82) is 0 Å². The highest BCUT2D eigenvalue weighted by atomic mass is 19.1. The topological polar surface area (TPSA) is 76.1 Å². The van der Waals surface area contributed by atoms with Gasteiger partial charge in [0.1, 0.15) is 23.1 Å². The van der Waals surface area contributed by atoms with Crippen molar-refractivity contribution in [3.63, 3.8) is 0 Å². The molecule has 2 heterocycles. The number of hydrogen-bond acceptors (Lipinski definition) is 5. The molecule has 33 heavy (non-hydrogen) atoms. The molecular weight excluding hydrogens is 425 g/mol. The van der Waals surface area contributed by atoms with Gasteiger partial charge in [-0.25, -0.2) is 4.39 Å². The minimum atomic E-state index is -1.14. The number of aliphatic hydroxyl groups excluding tert-OH is 1. The summed E-state index contributed by atoms with van der Waals surface area (Å²) in [7, 11) is 1.52. The van der Waals surface area contributed by atoms with Gasteiger partial charge in [0, 0.05) is 23.2 Å². The van der Waals surface area contributed by atoms with E-state index in [0.29, 0.717) is 30.0 Å². The zero-order chi connectivity index (χ0) is 23.1. The van der Waals surface area contributed by atoms with Crippen LogP contribution in [-0.4, -0.2) is 30.5 Å². The molecule has 2 aliphatic rings. The van der Waals surface area contributed by atoms with E-state index >= 15 is 0 Å². The lowest BCUT2D eigenvalue weighted by Crippen LogP contribution is -2.29. The van der Waals surface area contributed by atoms with Crippen LogP contribution in [0.4, 0.5) is 10.1 Å². The highest BCUT2D eigenvalue weighted by Crippen LogP contribution is 2.43. The van der Waals surface area contributed by atoms with Crippen LogP contribution in [-0.2, 0) is 16.0 Å². The van der Waals surface area contributed by atoms with Gasteiger partial charge in [0.2, 0.25) is 0 Å². The average molecular weight is 445 g/mol. The van der Waals surface area contributed by atoms with E-state index in [-0.39, 0.29) is 16.9 Å². The lowest BCUT2D eigenvalue weighted by molar-refractivity contribution is -0.132. The monoisotopic (exact) mass is 445 g/mol. The van der Waals surface area contributed by atoms with E-state index in [4.69, 9.17) is 9.47 Å². The Kier molecular flexibility index (Phi) is 5.09.